The lowest BCUT2D eigenvalue weighted by molar-refractivity contribution is -0.130. The van der Waals surface area contributed by atoms with E-state index in [1.165, 1.54) is 6.92 Å². The van der Waals surface area contributed by atoms with Gasteiger partial charge in [-0.1, -0.05) is 13.8 Å². The maximum atomic E-state index is 12.3. The van der Waals surface area contributed by atoms with E-state index in [0.29, 0.717) is 13.0 Å². The maximum absolute atomic E-state index is 12.3. The first kappa shape index (κ1) is 20.4. The number of carbonyl (C=O) groups excluding carboxylic acids is 3. The van der Waals surface area contributed by atoms with Crippen LogP contribution in [0, 0.1) is 17.2 Å². The number of nitriles is 1. The van der Waals surface area contributed by atoms with E-state index in [1.54, 1.807) is 36.1 Å². The molecule has 1 aromatic carbocycles. The van der Waals surface area contributed by atoms with Crippen molar-refractivity contribution in [2.75, 3.05) is 11.4 Å². The van der Waals surface area contributed by atoms with Crippen molar-refractivity contribution in [1.29, 1.82) is 5.26 Å². The molecule has 7 heteroatoms. The Kier molecular flexibility index (Phi) is 6.21. The lowest BCUT2D eigenvalue weighted by atomic mass is 9.90. The van der Waals surface area contributed by atoms with Gasteiger partial charge in [0.25, 0.3) is 5.91 Å². The Labute approximate surface area is 159 Å². The molecule has 27 heavy (non-hydrogen) atoms. The molecule has 0 radical (unpaired) electrons. The normalized spacial score (nSPS) is 17.2. The highest BCUT2D eigenvalue weighted by Gasteiger charge is 2.32. The zero-order chi connectivity index (χ0) is 20.2. The number of hydrogen-bond acceptors (Lipinski definition) is 5. The summed E-state index contributed by atoms with van der Waals surface area (Å²) in [6.45, 7) is 7.41. The highest BCUT2D eigenvalue weighted by atomic mass is 16.5. The molecule has 2 atom stereocenters. The molecule has 1 aromatic rings. The van der Waals surface area contributed by atoms with Gasteiger partial charge in [0.1, 0.15) is 5.54 Å². The van der Waals surface area contributed by atoms with Gasteiger partial charge in [-0.25, -0.2) is 4.79 Å². The van der Waals surface area contributed by atoms with Gasteiger partial charge in [-0.05, 0) is 50.5 Å². The summed E-state index contributed by atoms with van der Waals surface area (Å²) in [6.07, 6.45) is 0.325. The molecule has 1 aliphatic rings. The first-order chi connectivity index (χ1) is 12.7. The van der Waals surface area contributed by atoms with E-state index in [-0.39, 0.29) is 17.4 Å². The largest absolute Gasteiger partial charge is 0.449 e. The van der Waals surface area contributed by atoms with Crippen LogP contribution in [0.3, 0.4) is 0 Å². The van der Waals surface area contributed by atoms with Crippen LogP contribution in [0.25, 0.3) is 0 Å². The molecule has 2 amide bonds. The quantitative estimate of drug-likeness (QED) is 0.774. The van der Waals surface area contributed by atoms with E-state index in [2.05, 4.69) is 11.4 Å². The molecule has 0 unspecified atom stereocenters. The summed E-state index contributed by atoms with van der Waals surface area (Å²) in [6, 6.07) is 8.60. The van der Waals surface area contributed by atoms with Gasteiger partial charge in [0.05, 0.1) is 11.6 Å². The molecule has 1 saturated heterocycles. The minimum absolute atomic E-state index is 0.0707. The van der Waals surface area contributed by atoms with Gasteiger partial charge in [-0.2, -0.15) is 5.26 Å². The number of hydrogen-bond donors (Lipinski definition) is 1. The first-order valence-electron chi connectivity index (χ1n) is 9.02. The van der Waals surface area contributed by atoms with Crippen LogP contribution in [0.1, 0.15) is 50.9 Å². The van der Waals surface area contributed by atoms with Crippen LogP contribution in [0.4, 0.5) is 5.69 Å². The average Bonchev–Trinajstić information content (AvgIpc) is 3.07. The van der Waals surface area contributed by atoms with E-state index in [0.717, 1.165) is 12.1 Å². The Morgan fingerprint density at radius 1 is 1.26 bits per heavy atom. The van der Waals surface area contributed by atoms with Crippen LogP contribution in [-0.4, -0.2) is 36.0 Å². The van der Waals surface area contributed by atoms with Gasteiger partial charge in [0.2, 0.25) is 5.91 Å². The van der Waals surface area contributed by atoms with Gasteiger partial charge >= 0.3 is 5.97 Å². The zero-order valence-electron chi connectivity index (χ0n) is 16.1. The molecule has 1 heterocycles. The highest BCUT2D eigenvalue weighted by Crippen LogP contribution is 2.22. The third kappa shape index (κ3) is 4.64. The Balaban J connectivity index is 1.99. The van der Waals surface area contributed by atoms with Crippen molar-refractivity contribution in [3.8, 4) is 6.07 Å². The molecule has 1 N–H and O–H groups in total. The van der Waals surface area contributed by atoms with Crippen molar-refractivity contribution >= 4 is 23.5 Å². The number of carbonyl (C=O) groups is 3. The zero-order valence-corrected chi connectivity index (χ0v) is 16.1. The summed E-state index contributed by atoms with van der Waals surface area (Å²) in [5.74, 6) is -1.20. The van der Waals surface area contributed by atoms with Crippen LogP contribution in [0.5, 0.6) is 0 Å². The number of nitrogens with zero attached hydrogens (tertiary/aromatic N) is 2. The van der Waals surface area contributed by atoms with Crippen molar-refractivity contribution < 1.29 is 19.1 Å². The molecule has 7 nitrogen and oxygen atoms in total. The number of rotatable bonds is 6. The van der Waals surface area contributed by atoms with Gasteiger partial charge in [-0.3, -0.25) is 9.59 Å². The molecule has 0 saturated carbocycles. The average molecular weight is 371 g/mol. The molecular weight excluding hydrogens is 346 g/mol. The second-order valence-corrected chi connectivity index (χ2v) is 7.20. The van der Waals surface area contributed by atoms with E-state index in [9.17, 15) is 19.6 Å². The van der Waals surface area contributed by atoms with Crippen LogP contribution in [0.15, 0.2) is 24.3 Å². The molecular formula is C20H25N3O4. The fraction of sp³-hybridized carbons (Fsp3) is 0.500. The molecule has 0 bridgehead atoms. The molecule has 0 spiro atoms. The second-order valence-electron chi connectivity index (χ2n) is 7.20. The van der Waals surface area contributed by atoms with Crippen molar-refractivity contribution in [2.45, 2.75) is 52.2 Å². The van der Waals surface area contributed by atoms with Gasteiger partial charge in [0.15, 0.2) is 6.10 Å². The second kappa shape index (κ2) is 8.21. The summed E-state index contributed by atoms with van der Waals surface area (Å²) in [5, 5.41) is 11.9. The van der Waals surface area contributed by atoms with E-state index in [1.807, 2.05) is 13.8 Å². The number of esters is 1. The van der Waals surface area contributed by atoms with Crippen LogP contribution >= 0.6 is 0 Å². The van der Waals surface area contributed by atoms with Crippen molar-refractivity contribution in [1.82, 2.24) is 5.32 Å². The lowest BCUT2D eigenvalue weighted by Crippen LogP contribution is -2.52. The van der Waals surface area contributed by atoms with E-state index < -0.39 is 23.5 Å². The molecule has 1 fully saturated rings. The minimum atomic E-state index is -1.04. The van der Waals surface area contributed by atoms with Crippen LogP contribution < -0.4 is 10.2 Å². The molecule has 0 aliphatic carbocycles. The summed E-state index contributed by atoms with van der Waals surface area (Å²) < 4.78 is 5.21. The molecule has 2 rings (SSSR count). The van der Waals surface area contributed by atoms with Gasteiger partial charge in [-0.15, -0.1) is 0 Å². The fourth-order valence-corrected chi connectivity index (χ4v) is 2.64. The predicted molar refractivity (Wildman–Crippen MR) is 99.9 cm³/mol. The van der Waals surface area contributed by atoms with Crippen molar-refractivity contribution in [3.63, 3.8) is 0 Å². The van der Waals surface area contributed by atoms with E-state index >= 15 is 0 Å². The Hall–Kier alpha value is -2.88. The van der Waals surface area contributed by atoms with Gasteiger partial charge in [0, 0.05) is 18.7 Å². The standard InChI is InChI=1S/C20H25N3O4/c1-13(2)20(4,12-21)22-18(25)14(3)27-19(26)15-7-9-16(10-8-15)23-11-5-6-17(23)24/h7-10,13-14H,5-6,11H2,1-4H3,(H,22,25)/t14-,20-/m1/s1. The number of amides is 2. The Bertz CT molecular complexity index is 766. The summed E-state index contributed by atoms with van der Waals surface area (Å²) in [5.41, 5.74) is -0.0136. The molecule has 144 valence electrons. The van der Waals surface area contributed by atoms with Gasteiger partial charge < -0.3 is 15.0 Å². The Morgan fingerprint density at radius 2 is 1.89 bits per heavy atom. The third-order valence-corrected chi connectivity index (χ3v) is 4.91. The van der Waals surface area contributed by atoms with Crippen molar-refractivity contribution in [2.24, 2.45) is 5.92 Å². The minimum Gasteiger partial charge on any atom is -0.449 e. The van der Waals surface area contributed by atoms with Crippen molar-refractivity contribution in [3.05, 3.63) is 29.8 Å². The smallest absolute Gasteiger partial charge is 0.338 e. The summed E-state index contributed by atoms with van der Waals surface area (Å²) in [4.78, 5) is 38.0. The van der Waals surface area contributed by atoms with Crippen LogP contribution in [0.2, 0.25) is 0 Å². The van der Waals surface area contributed by atoms with E-state index in [4.69, 9.17) is 4.74 Å². The molecule has 0 aromatic heterocycles. The third-order valence-electron chi connectivity index (χ3n) is 4.91. The topological polar surface area (TPSA) is 99.5 Å². The molecule has 1 aliphatic heterocycles. The number of ether oxygens (including phenoxy) is 1. The Morgan fingerprint density at radius 3 is 2.37 bits per heavy atom. The number of nitrogens with one attached hydrogen (secondary N) is 1. The predicted octanol–water partition coefficient (Wildman–Crippen LogP) is 2.41. The summed E-state index contributed by atoms with van der Waals surface area (Å²) >= 11 is 0. The monoisotopic (exact) mass is 371 g/mol. The first-order valence-corrected chi connectivity index (χ1v) is 9.02. The fourth-order valence-electron chi connectivity index (χ4n) is 2.64. The number of anilines is 1. The van der Waals surface area contributed by atoms with Crippen LogP contribution in [-0.2, 0) is 14.3 Å². The number of benzene rings is 1. The maximum Gasteiger partial charge on any atom is 0.338 e. The summed E-state index contributed by atoms with van der Waals surface area (Å²) in [7, 11) is 0. The highest BCUT2D eigenvalue weighted by molar-refractivity contribution is 5.96. The lowest BCUT2D eigenvalue weighted by Gasteiger charge is -2.28. The SMILES string of the molecule is CC(C)[C@@](C)(C#N)NC(=O)[C@@H](C)OC(=O)c1ccc(N2CCCC2=O)cc1.